The fraction of sp³-hybridized carbons (Fsp3) is 1.00. The molecule has 0 aliphatic rings. The Kier molecular flexibility index (Phi) is 30.8. The Balaban J connectivity index is -0.000000333. The van der Waals surface area contributed by atoms with E-state index in [1.807, 2.05) is 0 Å². The molecule has 0 heterocycles. The van der Waals surface area contributed by atoms with E-state index in [4.69, 9.17) is 0 Å². The molecular formula is C16H34CrO4P2+2. The van der Waals surface area contributed by atoms with Crippen molar-refractivity contribution in [3.63, 3.8) is 0 Å². The molecule has 136 valence electrons. The minimum Gasteiger partial charge on any atom is -0.596 e. The topological polar surface area (TPSA) is 80.3 Å². The third-order valence-corrected chi connectivity index (χ3v) is 4.75. The van der Waals surface area contributed by atoms with Crippen LogP contribution in [0.4, 0.5) is 0 Å². The van der Waals surface area contributed by atoms with Gasteiger partial charge in [-0.25, -0.2) is 0 Å². The summed E-state index contributed by atoms with van der Waals surface area (Å²) in [6.45, 7) is 4.35. The van der Waals surface area contributed by atoms with E-state index in [9.17, 15) is 18.9 Å². The summed E-state index contributed by atoms with van der Waals surface area (Å²) in [6.07, 6.45) is 14.5. The molecule has 0 aliphatic heterocycles. The van der Waals surface area contributed by atoms with Crippen molar-refractivity contribution >= 4 is 16.1 Å². The molecule has 0 aromatic carbocycles. The Labute approximate surface area is 155 Å². The van der Waals surface area contributed by atoms with Crippen molar-refractivity contribution in [1.29, 1.82) is 0 Å². The summed E-state index contributed by atoms with van der Waals surface area (Å²) in [4.78, 5) is 20.3. The molecule has 0 spiro atoms. The second-order valence-electron chi connectivity index (χ2n) is 5.65. The van der Waals surface area contributed by atoms with Gasteiger partial charge in [0.25, 0.3) is 0 Å². The van der Waals surface area contributed by atoms with Crippen LogP contribution in [0.2, 0.25) is 0 Å². The van der Waals surface area contributed by atoms with Crippen molar-refractivity contribution in [3.8, 4) is 0 Å². The second-order valence-corrected chi connectivity index (χ2v) is 7.87. The van der Waals surface area contributed by atoms with Gasteiger partial charge in [0.15, 0.2) is 0 Å². The molecule has 0 radical (unpaired) electrons. The largest absolute Gasteiger partial charge is 2.00 e. The van der Waals surface area contributed by atoms with Crippen molar-refractivity contribution in [2.45, 2.75) is 90.9 Å². The molecule has 0 rings (SSSR count). The predicted molar refractivity (Wildman–Crippen MR) is 91.7 cm³/mol. The van der Waals surface area contributed by atoms with Crippen LogP contribution in [0.5, 0.6) is 0 Å². The summed E-state index contributed by atoms with van der Waals surface area (Å²) in [7, 11) is -4.25. The molecule has 0 N–H and O–H groups in total. The van der Waals surface area contributed by atoms with E-state index in [-0.39, 0.29) is 17.4 Å². The fourth-order valence-electron chi connectivity index (χ4n) is 2.04. The van der Waals surface area contributed by atoms with Crippen LogP contribution in [0, 0.1) is 0 Å². The summed E-state index contributed by atoms with van der Waals surface area (Å²) in [6, 6.07) is 0. The van der Waals surface area contributed by atoms with Gasteiger partial charge in [0.05, 0.1) is 0 Å². The molecule has 4 nitrogen and oxygen atoms in total. The summed E-state index contributed by atoms with van der Waals surface area (Å²) in [5.41, 5.74) is 0. The zero-order valence-electron chi connectivity index (χ0n) is 14.8. The first-order chi connectivity index (χ1) is 10.5. The molecule has 0 saturated carbocycles. The van der Waals surface area contributed by atoms with Gasteiger partial charge < -0.3 is 9.79 Å². The van der Waals surface area contributed by atoms with Crippen LogP contribution >= 0.6 is 16.1 Å². The van der Waals surface area contributed by atoms with Crippen LogP contribution in [0.1, 0.15) is 90.9 Å². The minimum atomic E-state index is -2.12. The average Bonchev–Trinajstić information content (AvgIpc) is 2.46. The van der Waals surface area contributed by atoms with Crippen LogP contribution in [-0.2, 0) is 26.5 Å². The van der Waals surface area contributed by atoms with Gasteiger partial charge in [-0.05, 0) is 25.7 Å². The van der Waals surface area contributed by atoms with E-state index >= 15 is 0 Å². The first-order valence-corrected chi connectivity index (χ1v) is 11.5. The Morgan fingerprint density at radius 2 is 0.826 bits per heavy atom. The first-order valence-electron chi connectivity index (χ1n) is 8.78. The molecule has 0 aliphatic carbocycles. The molecule has 7 heteroatoms. The molecule has 0 saturated heterocycles. The summed E-state index contributed by atoms with van der Waals surface area (Å²) in [5, 5.41) is 0. The number of unbranched alkanes of at least 4 members (excludes halogenated alkanes) is 10. The molecular weight excluding hydrogens is 370 g/mol. The zero-order valence-corrected chi connectivity index (χ0v) is 17.9. The van der Waals surface area contributed by atoms with Crippen LogP contribution in [0.3, 0.4) is 0 Å². The maximum absolute atomic E-state index is 10.1. The van der Waals surface area contributed by atoms with Gasteiger partial charge in [-0.15, -0.1) is 0 Å². The van der Waals surface area contributed by atoms with Gasteiger partial charge >= 0.3 is 33.4 Å². The van der Waals surface area contributed by atoms with Crippen molar-refractivity contribution < 1.29 is 36.3 Å². The molecule has 2 atom stereocenters. The van der Waals surface area contributed by atoms with Crippen molar-refractivity contribution in [1.82, 2.24) is 0 Å². The van der Waals surface area contributed by atoms with Crippen molar-refractivity contribution in [2.24, 2.45) is 0 Å². The molecule has 0 fully saturated rings. The first kappa shape index (κ1) is 28.5. The monoisotopic (exact) mass is 404 g/mol. The van der Waals surface area contributed by atoms with Crippen LogP contribution in [0.15, 0.2) is 0 Å². The molecule has 0 bridgehead atoms. The van der Waals surface area contributed by atoms with Gasteiger partial charge in [-0.1, -0.05) is 74.3 Å². The Hall–Kier alpha value is 0.652. The van der Waals surface area contributed by atoms with E-state index in [1.165, 1.54) is 51.4 Å². The van der Waals surface area contributed by atoms with Crippen LogP contribution in [-0.4, -0.2) is 12.3 Å². The number of rotatable bonds is 14. The Morgan fingerprint density at radius 1 is 0.565 bits per heavy atom. The summed E-state index contributed by atoms with van der Waals surface area (Å²) in [5.74, 6) is 0. The normalized spacial score (nSPS) is 11.1. The van der Waals surface area contributed by atoms with E-state index < -0.39 is 16.1 Å². The van der Waals surface area contributed by atoms with E-state index in [0.29, 0.717) is 12.3 Å². The number of hydrogen-bond acceptors (Lipinski definition) is 4. The van der Waals surface area contributed by atoms with E-state index in [2.05, 4.69) is 13.8 Å². The second kappa shape index (κ2) is 24.9. The van der Waals surface area contributed by atoms with Gasteiger partial charge in [-0.2, -0.15) is 0 Å². The van der Waals surface area contributed by atoms with Gasteiger partial charge in [0.1, 0.15) is 12.3 Å². The SMILES string of the molecule is CCCCCCCC[P+](=O)[O-].CCCCCCCC[P+](=O)[O-].[Cr+2]. The molecule has 2 unspecified atom stereocenters. The van der Waals surface area contributed by atoms with Crippen molar-refractivity contribution in [2.75, 3.05) is 12.3 Å². The molecule has 0 aromatic heterocycles. The third-order valence-electron chi connectivity index (χ3n) is 3.39. The smallest absolute Gasteiger partial charge is 0.596 e. The van der Waals surface area contributed by atoms with E-state index in [0.717, 1.165) is 25.7 Å². The summed E-state index contributed by atoms with van der Waals surface area (Å²) < 4.78 is 20.3. The maximum Gasteiger partial charge on any atom is 2.00 e. The van der Waals surface area contributed by atoms with Crippen LogP contribution < -0.4 is 9.79 Å². The van der Waals surface area contributed by atoms with Crippen molar-refractivity contribution in [3.05, 3.63) is 0 Å². The molecule has 0 amide bonds. The maximum atomic E-state index is 10.1. The van der Waals surface area contributed by atoms with Crippen LogP contribution in [0.25, 0.3) is 0 Å². The van der Waals surface area contributed by atoms with Gasteiger partial charge in [0, 0.05) is 0 Å². The average molecular weight is 404 g/mol. The molecule has 23 heavy (non-hydrogen) atoms. The third kappa shape index (κ3) is 34.8. The molecule has 0 aromatic rings. The predicted octanol–water partition coefficient (Wildman–Crippen LogP) is 4.90. The van der Waals surface area contributed by atoms with Gasteiger partial charge in [0.2, 0.25) is 0 Å². The Morgan fingerprint density at radius 3 is 1.09 bits per heavy atom. The van der Waals surface area contributed by atoms with E-state index in [1.54, 1.807) is 0 Å². The minimum absolute atomic E-state index is 0. The standard InChI is InChI=1S/2C8H17O2P.Cr/c2*1-2-3-4-5-6-7-8-11(9)10;/h2*2-8H2,1H3;/q;;+2. The summed E-state index contributed by atoms with van der Waals surface area (Å²) >= 11 is 0. The zero-order chi connectivity index (χ0) is 17.1. The number of hydrogen-bond donors (Lipinski definition) is 0. The Bertz CT molecular complexity index is 240. The quantitative estimate of drug-likeness (QED) is 0.305. The van der Waals surface area contributed by atoms with Gasteiger partial charge in [-0.3, -0.25) is 0 Å². The fourth-order valence-corrected chi connectivity index (χ4v) is 3.01.